The first-order chi connectivity index (χ1) is 5.54. The first-order valence-corrected chi connectivity index (χ1v) is 4.42. The van der Waals surface area contributed by atoms with Gasteiger partial charge in [0.2, 0.25) is 0 Å². The van der Waals surface area contributed by atoms with Crippen LogP contribution >= 0.6 is 0 Å². The smallest absolute Gasteiger partial charge is 0.300 e. The molecule has 74 valence electrons. The monoisotopic (exact) mass is 176 g/mol. The maximum atomic E-state index is 9.05. The number of carboxylic acid groups (broad SMARTS) is 1. The van der Waals surface area contributed by atoms with Gasteiger partial charge < -0.3 is 10.2 Å². The zero-order valence-corrected chi connectivity index (χ0v) is 8.21. The van der Waals surface area contributed by atoms with Crippen molar-refractivity contribution in [3.05, 3.63) is 0 Å². The molecule has 0 aliphatic carbocycles. The summed E-state index contributed by atoms with van der Waals surface area (Å²) in [5.74, 6) is -0.833. The van der Waals surface area contributed by atoms with Gasteiger partial charge in [-0.05, 0) is 12.8 Å². The molecule has 0 aliphatic rings. The number of aliphatic carboxylic acids is 1. The highest BCUT2D eigenvalue weighted by molar-refractivity contribution is 5.62. The zero-order chi connectivity index (χ0) is 9.98. The molecule has 0 atom stereocenters. The van der Waals surface area contributed by atoms with E-state index in [9.17, 15) is 0 Å². The molecular weight excluding hydrogens is 156 g/mol. The van der Waals surface area contributed by atoms with E-state index in [0.29, 0.717) is 0 Å². The summed E-state index contributed by atoms with van der Waals surface area (Å²) < 4.78 is 0. The lowest BCUT2D eigenvalue weighted by Gasteiger charge is -2.04. The number of aliphatic hydroxyl groups excluding tert-OH is 1. The average molecular weight is 176 g/mol. The molecule has 3 heteroatoms. The molecule has 0 aliphatic heterocycles. The molecule has 0 saturated carbocycles. The summed E-state index contributed by atoms with van der Waals surface area (Å²) in [7, 11) is 0. The fourth-order valence-electron chi connectivity index (χ4n) is 0.811. The Hall–Kier alpha value is -0.570. The van der Waals surface area contributed by atoms with E-state index in [1.54, 1.807) is 0 Å². The van der Waals surface area contributed by atoms with E-state index in [-0.39, 0.29) is 6.10 Å². The van der Waals surface area contributed by atoms with Gasteiger partial charge in [-0.25, -0.2) is 0 Å². The van der Waals surface area contributed by atoms with E-state index >= 15 is 0 Å². The van der Waals surface area contributed by atoms with Crippen molar-refractivity contribution in [3.63, 3.8) is 0 Å². The summed E-state index contributed by atoms with van der Waals surface area (Å²) in [5.41, 5.74) is 0. The number of carbonyl (C=O) groups is 1. The van der Waals surface area contributed by atoms with Crippen LogP contribution < -0.4 is 0 Å². The standard InChI is InChI=1S/C7H16O.C2H4O2/c1-3-5-7(8)6-4-2;1-2(3)4/h7-8H,3-6H2,1-2H3;1H3,(H,3,4). The Labute approximate surface area is 74.4 Å². The van der Waals surface area contributed by atoms with Gasteiger partial charge in [-0.2, -0.15) is 0 Å². The van der Waals surface area contributed by atoms with Crippen molar-refractivity contribution in [2.45, 2.75) is 52.6 Å². The Bertz CT molecular complexity index is 91.9. The summed E-state index contributed by atoms with van der Waals surface area (Å²) in [5, 5.41) is 16.5. The highest BCUT2D eigenvalue weighted by Crippen LogP contribution is 2.02. The van der Waals surface area contributed by atoms with Gasteiger partial charge in [0.05, 0.1) is 6.10 Å². The molecule has 0 amide bonds. The van der Waals surface area contributed by atoms with Gasteiger partial charge >= 0.3 is 0 Å². The number of hydrogen-bond acceptors (Lipinski definition) is 2. The lowest BCUT2D eigenvalue weighted by molar-refractivity contribution is -0.134. The Morgan fingerprint density at radius 2 is 1.50 bits per heavy atom. The number of aliphatic hydroxyl groups is 1. The molecule has 0 bridgehead atoms. The van der Waals surface area contributed by atoms with Gasteiger partial charge in [-0.1, -0.05) is 26.7 Å². The minimum atomic E-state index is -0.833. The SMILES string of the molecule is CC(=O)O.CCCC(O)CCC. The predicted octanol–water partition coefficient (Wildman–Crippen LogP) is 2.04. The molecule has 0 aromatic rings. The Balaban J connectivity index is 0. The van der Waals surface area contributed by atoms with Gasteiger partial charge in [-0.3, -0.25) is 4.79 Å². The van der Waals surface area contributed by atoms with Crippen LogP contribution in [0.3, 0.4) is 0 Å². The molecule has 12 heavy (non-hydrogen) atoms. The molecule has 0 spiro atoms. The van der Waals surface area contributed by atoms with Gasteiger partial charge in [0, 0.05) is 6.92 Å². The fourth-order valence-corrected chi connectivity index (χ4v) is 0.811. The largest absolute Gasteiger partial charge is 0.481 e. The van der Waals surface area contributed by atoms with Crippen molar-refractivity contribution < 1.29 is 15.0 Å². The summed E-state index contributed by atoms with van der Waals surface area (Å²) in [6.45, 7) is 5.28. The van der Waals surface area contributed by atoms with E-state index in [1.807, 2.05) is 0 Å². The lowest BCUT2D eigenvalue weighted by atomic mass is 10.1. The molecule has 3 nitrogen and oxygen atoms in total. The third-order valence-electron chi connectivity index (χ3n) is 1.24. The zero-order valence-electron chi connectivity index (χ0n) is 8.21. The molecule has 0 saturated heterocycles. The quantitative estimate of drug-likeness (QED) is 0.689. The molecule has 0 aromatic carbocycles. The van der Waals surface area contributed by atoms with Crippen molar-refractivity contribution in [2.75, 3.05) is 0 Å². The highest BCUT2D eigenvalue weighted by atomic mass is 16.4. The van der Waals surface area contributed by atoms with Crippen molar-refractivity contribution in [1.82, 2.24) is 0 Å². The normalized spacial score (nSPS) is 9.08. The van der Waals surface area contributed by atoms with Crippen molar-refractivity contribution in [2.24, 2.45) is 0 Å². The van der Waals surface area contributed by atoms with Crippen molar-refractivity contribution in [3.8, 4) is 0 Å². The van der Waals surface area contributed by atoms with Crippen LogP contribution in [0.5, 0.6) is 0 Å². The van der Waals surface area contributed by atoms with E-state index < -0.39 is 5.97 Å². The fraction of sp³-hybridized carbons (Fsp3) is 0.889. The minimum absolute atomic E-state index is 0.0370. The third-order valence-corrected chi connectivity index (χ3v) is 1.24. The molecule has 0 unspecified atom stereocenters. The molecule has 0 aromatic heterocycles. The maximum absolute atomic E-state index is 9.05. The van der Waals surface area contributed by atoms with Gasteiger partial charge in [-0.15, -0.1) is 0 Å². The lowest BCUT2D eigenvalue weighted by Crippen LogP contribution is -2.03. The first-order valence-electron chi connectivity index (χ1n) is 4.42. The maximum Gasteiger partial charge on any atom is 0.300 e. The Morgan fingerprint density at radius 3 is 1.67 bits per heavy atom. The van der Waals surface area contributed by atoms with Crippen molar-refractivity contribution >= 4 is 5.97 Å². The van der Waals surface area contributed by atoms with Crippen LogP contribution in [0.1, 0.15) is 46.5 Å². The number of rotatable bonds is 4. The van der Waals surface area contributed by atoms with Gasteiger partial charge in [0.15, 0.2) is 0 Å². The molecule has 0 fully saturated rings. The van der Waals surface area contributed by atoms with Gasteiger partial charge in [0.1, 0.15) is 0 Å². The predicted molar refractivity (Wildman–Crippen MR) is 49.1 cm³/mol. The highest BCUT2D eigenvalue weighted by Gasteiger charge is 1.97. The van der Waals surface area contributed by atoms with Crippen LogP contribution in [0, 0.1) is 0 Å². The third kappa shape index (κ3) is 22.7. The van der Waals surface area contributed by atoms with Crippen LogP contribution in [0.4, 0.5) is 0 Å². The Morgan fingerprint density at radius 1 is 1.25 bits per heavy atom. The second-order valence-corrected chi connectivity index (χ2v) is 2.75. The first kappa shape index (κ1) is 14.0. The average Bonchev–Trinajstić information content (AvgIpc) is 1.87. The second kappa shape index (κ2) is 10.4. The van der Waals surface area contributed by atoms with E-state index in [4.69, 9.17) is 15.0 Å². The Kier molecular flexibility index (Phi) is 12.2. The molecule has 0 rings (SSSR count). The van der Waals surface area contributed by atoms with Crippen LogP contribution in [0.25, 0.3) is 0 Å². The number of hydrogen-bond donors (Lipinski definition) is 2. The summed E-state index contributed by atoms with van der Waals surface area (Å²) in [4.78, 5) is 9.00. The van der Waals surface area contributed by atoms with E-state index in [0.717, 1.165) is 32.6 Å². The van der Waals surface area contributed by atoms with E-state index in [1.165, 1.54) is 0 Å². The summed E-state index contributed by atoms with van der Waals surface area (Å²) in [6, 6.07) is 0. The van der Waals surface area contributed by atoms with Crippen LogP contribution in [-0.4, -0.2) is 22.3 Å². The summed E-state index contributed by atoms with van der Waals surface area (Å²) in [6.07, 6.45) is 4.09. The van der Waals surface area contributed by atoms with Crippen molar-refractivity contribution in [1.29, 1.82) is 0 Å². The van der Waals surface area contributed by atoms with Crippen LogP contribution in [-0.2, 0) is 4.79 Å². The number of carboxylic acids is 1. The van der Waals surface area contributed by atoms with E-state index in [2.05, 4.69) is 13.8 Å². The van der Waals surface area contributed by atoms with Crippen LogP contribution in [0.15, 0.2) is 0 Å². The topological polar surface area (TPSA) is 57.5 Å². The summed E-state index contributed by atoms with van der Waals surface area (Å²) >= 11 is 0. The molecular formula is C9H20O3. The molecule has 2 N–H and O–H groups in total. The second-order valence-electron chi connectivity index (χ2n) is 2.75. The molecule has 0 heterocycles. The van der Waals surface area contributed by atoms with Crippen LogP contribution in [0.2, 0.25) is 0 Å². The molecule has 0 radical (unpaired) electrons. The minimum Gasteiger partial charge on any atom is -0.481 e. The van der Waals surface area contributed by atoms with Gasteiger partial charge in [0.25, 0.3) is 5.97 Å².